The molecular weight excluding hydrogens is 397 g/mol. The van der Waals surface area contributed by atoms with Gasteiger partial charge >= 0.3 is 6.03 Å². The van der Waals surface area contributed by atoms with Crippen molar-refractivity contribution >= 4 is 11.7 Å². The molecular formula is C24H30FN3O3. The highest BCUT2D eigenvalue weighted by molar-refractivity contribution is 5.89. The summed E-state index contributed by atoms with van der Waals surface area (Å²) in [4.78, 5) is 14.8. The summed E-state index contributed by atoms with van der Waals surface area (Å²) in [7, 11) is 5.46. The summed E-state index contributed by atoms with van der Waals surface area (Å²) >= 11 is 0. The fraction of sp³-hybridized carbons (Fsp3) is 0.458. The van der Waals surface area contributed by atoms with Crippen LogP contribution in [0.2, 0.25) is 0 Å². The zero-order valence-corrected chi connectivity index (χ0v) is 18.3. The summed E-state index contributed by atoms with van der Waals surface area (Å²) in [5, 5.41) is 5.82. The molecule has 4 rings (SSSR count). The molecule has 166 valence electrons. The third-order valence-corrected chi connectivity index (χ3v) is 6.75. The lowest BCUT2D eigenvalue weighted by Gasteiger charge is -2.42. The average Bonchev–Trinajstić information content (AvgIpc) is 3.09. The maximum atomic E-state index is 13.4. The standard InChI is InChI=1S/C24H30FN3O3/c1-28-14-17-11-20(27-23(29)26-19-6-4-5-18(25)13-19)9-10-24(17,15-28)16-7-8-21(30-2)22(12-16)31-3/h4-8,12-13,17,20H,9-11,14-15H2,1-3H3,(H2,26,27,29). The van der Waals surface area contributed by atoms with E-state index in [1.54, 1.807) is 26.4 Å². The molecule has 1 saturated heterocycles. The minimum Gasteiger partial charge on any atom is -0.493 e. The number of likely N-dealkylation sites (N-methyl/N-ethyl adjacent to an activating group) is 1. The first kappa shape index (κ1) is 21.4. The first-order chi connectivity index (χ1) is 14.9. The molecule has 2 amide bonds. The third kappa shape index (κ3) is 4.32. The molecule has 1 aliphatic carbocycles. The van der Waals surface area contributed by atoms with Gasteiger partial charge in [-0.2, -0.15) is 0 Å². The summed E-state index contributed by atoms with van der Waals surface area (Å²) in [6, 6.07) is 12.0. The molecule has 0 aromatic heterocycles. The second-order valence-corrected chi connectivity index (χ2v) is 8.70. The van der Waals surface area contributed by atoms with Gasteiger partial charge in [0.15, 0.2) is 11.5 Å². The van der Waals surface area contributed by atoms with Crippen LogP contribution < -0.4 is 20.1 Å². The zero-order chi connectivity index (χ0) is 22.0. The van der Waals surface area contributed by atoms with Gasteiger partial charge in [-0.15, -0.1) is 0 Å². The number of methoxy groups -OCH3 is 2. The van der Waals surface area contributed by atoms with Crippen molar-refractivity contribution in [3.8, 4) is 11.5 Å². The lowest BCUT2D eigenvalue weighted by Crippen LogP contribution is -2.48. The minimum atomic E-state index is -0.371. The quantitative estimate of drug-likeness (QED) is 0.757. The van der Waals surface area contributed by atoms with Gasteiger partial charge in [-0.3, -0.25) is 0 Å². The van der Waals surface area contributed by atoms with E-state index in [0.717, 1.165) is 43.9 Å². The van der Waals surface area contributed by atoms with Gasteiger partial charge in [-0.25, -0.2) is 9.18 Å². The summed E-state index contributed by atoms with van der Waals surface area (Å²) in [5.74, 6) is 1.53. The number of carbonyl (C=O) groups excluding carboxylic acids is 1. The van der Waals surface area contributed by atoms with E-state index in [1.807, 2.05) is 6.07 Å². The number of halogens is 1. The number of rotatable bonds is 5. The van der Waals surface area contributed by atoms with E-state index in [9.17, 15) is 9.18 Å². The number of anilines is 1. The smallest absolute Gasteiger partial charge is 0.319 e. The molecule has 0 spiro atoms. The van der Waals surface area contributed by atoms with Gasteiger partial charge in [0.2, 0.25) is 0 Å². The molecule has 2 aromatic rings. The number of fused-ring (bicyclic) bond motifs is 1. The molecule has 6 nitrogen and oxygen atoms in total. The van der Waals surface area contributed by atoms with Gasteiger partial charge in [-0.05, 0) is 68.1 Å². The van der Waals surface area contributed by atoms with Crippen molar-refractivity contribution < 1.29 is 18.7 Å². The number of benzene rings is 2. The Labute approximate surface area is 182 Å². The Morgan fingerprint density at radius 1 is 1.16 bits per heavy atom. The van der Waals surface area contributed by atoms with Gasteiger partial charge in [0.25, 0.3) is 0 Å². The van der Waals surface area contributed by atoms with Crippen LogP contribution in [0.15, 0.2) is 42.5 Å². The number of carbonyl (C=O) groups is 1. The van der Waals surface area contributed by atoms with Crippen LogP contribution >= 0.6 is 0 Å². The fourth-order valence-electron chi connectivity index (χ4n) is 5.37. The highest BCUT2D eigenvalue weighted by atomic mass is 19.1. The number of likely N-dealkylation sites (tertiary alicyclic amines) is 1. The van der Waals surface area contributed by atoms with Crippen molar-refractivity contribution in [2.45, 2.75) is 30.7 Å². The first-order valence-corrected chi connectivity index (χ1v) is 10.7. The predicted octanol–water partition coefficient (Wildman–Crippen LogP) is 4.02. The number of urea groups is 1. The van der Waals surface area contributed by atoms with E-state index in [0.29, 0.717) is 11.6 Å². The minimum absolute atomic E-state index is 0.0333. The van der Waals surface area contributed by atoms with Crippen LogP contribution in [0.3, 0.4) is 0 Å². The van der Waals surface area contributed by atoms with Gasteiger partial charge in [0, 0.05) is 30.2 Å². The molecule has 1 saturated carbocycles. The average molecular weight is 428 g/mol. The number of hydrogen-bond acceptors (Lipinski definition) is 4. The molecule has 3 unspecified atom stereocenters. The molecule has 0 radical (unpaired) electrons. The van der Waals surface area contributed by atoms with Crippen LogP contribution in [0.25, 0.3) is 0 Å². The van der Waals surface area contributed by atoms with Crippen molar-refractivity contribution in [1.29, 1.82) is 0 Å². The number of hydrogen-bond donors (Lipinski definition) is 2. The second-order valence-electron chi connectivity index (χ2n) is 8.70. The van der Waals surface area contributed by atoms with E-state index >= 15 is 0 Å². The van der Waals surface area contributed by atoms with Crippen molar-refractivity contribution in [3.05, 3.63) is 53.8 Å². The first-order valence-electron chi connectivity index (χ1n) is 10.7. The Morgan fingerprint density at radius 3 is 2.71 bits per heavy atom. The topological polar surface area (TPSA) is 62.8 Å². The highest BCUT2D eigenvalue weighted by Gasteiger charge is 2.50. The summed E-state index contributed by atoms with van der Waals surface area (Å²) in [6.07, 6.45) is 2.76. The SMILES string of the molecule is COc1ccc(C23CCC(NC(=O)Nc4cccc(F)c4)CC2CN(C)C3)cc1OC. The van der Waals surface area contributed by atoms with Crippen LogP contribution in [0.4, 0.5) is 14.9 Å². The maximum Gasteiger partial charge on any atom is 0.319 e. The van der Waals surface area contributed by atoms with Gasteiger partial charge in [0.1, 0.15) is 5.82 Å². The Balaban J connectivity index is 1.47. The van der Waals surface area contributed by atoms with Crippen molar-refractivity contribution in [3.63, 3.8) is 0 Å². The van der Waals surface area contributed by atoms with Crippen LogP contribution in [0.1, 0.15) is 24.8 Å². The van der Waals surface area contributed by atoms with E-state index in [1.165, 1.54) is 17.7 Å². The molecule has 2 aliphatic rings. The molecule has 1 heterocycles. The normalized spacial score (nSPS) is 25.5. The molecule has 2 fully saturated rings. The number of nitrogens with zero attached hydrogens (tertiary/aromatic N) is 1. The molecule has 31 heavy (non-hydrogen) atoms. The van der Waals surface area contributed by atoms with Crippen molar-refractivity contribution in [2.24, 2.45) is 5.92 Å². The molecule has 0 bridgehead atoms. The number of nitrogens with one attached hydrogen (secondary N) is 2. The highest BCUT2D eigenvalue weighted by Crippen LogP contribution is 2.49. The zero-order valence-electron chi connectivity index (χ0n) is 18.3. The summed E-state index contributed by atoms with van der Waals surface area (Å²) in [6.45, 7) is 1.97. The van der Waals surface area contributed by atoms with Gasteiger partial charge in [0.05, 0.1) is 14.2 Å². The number of amides is 2. The predicted molar refractivity (Wildman–Crippen MR) is 118 cm³/mol. The monoisotopic (exact) mass is 427 g/mol. The second kappa shape index (κ2) is 8.75. The van der Waals surface area contributed by atoms with Gasteiger partial charge in [-0.1, -0.05) is 12.1 Å². The van der Waals surface area contributed by atoms with Crippen LogP contribution in [0.5, 0.6) is 11.5 Å². The lowest BCUT2D eigenvalue weighted by molar-refractivity contribution is 0.197. The Morgan fingerprint density at radius 2 is 1.97 bits per heavy atom. The van der Waals surface area contributed by atoms with Crippen molar-refractivity contribution in [2.75, 3.05) is 39.7 Å². The lowest BCUT2D eigenvalue weighted by atomic mass is 9.63. The molecule has 3 atom stereocenters. The molecule has 1 aliphatic heterocycles. The van der Waals surface area contributed by atoms with E-state index in [4.69, 9.17) is 9.47 Å². The van der Waals surface area contributed by atoms with E-state index in [2.05, 4.69) is 34.7 Å². The molecule has 7 heteroatoms. The van der Waals surface area contributed by atoms with E-state index in [-0.39, 0.29) is 23.3 Å². The van der Waals surface area contributed by atoms with E-state index < -0.39 is 0 Å². The Bertz CT molecular complexity index is 953. The fourth-order valence-corrected chi connectivity index (χ4v) is 5.37. The summed E-state index contributed by atoms with van der Waals surface area (Å²) < 4.78 is 24.3. The van der Waals surface area contributed by atoms with Crippen molar-refractivity contribution in [1.82, 2.24) is 10.2 Å². The summed E-state index contributed by atoms with van der Waals surface area (Å²) in [5.41, 5.74) is 1.75. The number of ether oxygens (including phenoxy) is 2. The Kier molecular flexibility index (Phi) is 6.05. The largest absolute Gasteiger partial charge is 0.493 e. The van der Waals surface area contributed by atoms with Crippen LogP contribution in [0, 0.1) is 11.7 Å². The Hall–Kier alpha value is -2.80. The molecule has 2 aromatic carbocycles. The van der Waals surface area contributed by atoms with Crippen LogP contribution in [-0.4, -0.2) is 51.3 Å². The third-order valence-electron chi connectivity index (χ3n) is 6.75. The molecule has 2 N–H and O–H groups in total. The van der Waals surface area contributed by atoms with Crippen LogP contribution in [-0.2, 0) is 5.41 Å². The maximum absolute atomic E-state index is 13.4. The van der Waals surface area contributed by atoms with Gasteiger partial charge < -0.3 is 25.0 Å².